The van der Waals surface area contributed by atoms with Crippen molar-refractivity contribution in [3.63, 3.8) is 0 Å². The van der Waals surface area contributed by atoms with Crippen molar-refractivity contribution in [2.45, 2.75) is 70.6 Å². The molecule has 0 saturated heterocycles. The molecule has 2 aromatic carbocycles. The number of hydrogen-bond donors (Lipinski definition) is 0. The summed E-state index contributed by atoms with van der Waals surface area (Å²) in [6.07, 6.45) is 2.53. The van der Waals surface area contributed by atoms with Crippen molar-refractivity contribution in [3.8, 4) is 11.1 Å². The van der Waals surface area contributed by atoms with Crippen molar-refractivity contribution in [1.82, 2.24) is 0 Å². The minimum Gasteiger partial charge on any atom is -0.0605 e. The van der Waals surface area contributed by atoms with Gasteiger partial charge in [0, 0.05) is 9.89 Å². The Hall–Kier alpha value is -1.08. The van der Waals surface area contributed by atoms with Crippen molar-refractivity contribution in [3.05, 3.63) is 57.1 Å². The molecule has 2 aromatic rings. The lowest BCUT2D eigenvalue weighted by Crippen LogP contribution is -2.34. The van der Waals surface area contributed by atoms with Crippen LogP contribution in [0.25, 0.3) is 11.1 Å². The lowest BCUT2D eigenvalue weighted by atomic mass is 9.62. The van der Waals surface area contributed by atoms with E-state index in [4.69, 9.17) is 0 Å². The van der Waals surface area contributed by atoms with E-state index in [2.05, 4.69) is 87.8 Å². The first-order valence-electron chi connectivity index (χ1n) is 9.04. The Kier molecular flexibility index (Phi) is 3.25. The van der Waals surface area contributed by atoms with Crippen LogP contribution in [0, 0.1) is 0 Å². The Labute approximate surface area is 154 Å². The second-order valence-electron chi connectivity index (χ2n) is 9.50. The predicted molar refractivity (Wildman–Crippen MR) is 107 cm³/mol. The van der Waals surface area contributed by atoms with Gasteiger partial charge >= 0.3 is 0 Å². The van der Waals surface area contributed by atoms with Gasteiger partial charge in [-0.15, -0.1) is 0 Å². The molecular weight excluding hydrogens is 356 g/mol. The molecule has 0 spiro atoms. The van der Waals surface area contributed by atoms with Gasteiger partial charge in [-0.05, 0) is 69.2 Å². The van der Waals surface area contributed by atoms with E-state index in [0.29, 0.717) is 0 Å². The van der Waals surface area contributed by atoms with Crippen LogP contribution in [0.4, 0.5) is 0 Å². The fourth-order valence-corrected chi connectivity index (χ4v) is 5.73. The Morgan fingerprint density at radius 2 is 1.33 bits per heavy atom. The first-order valence-corrected chi connectivity index (χ1v) is 9.84. The van der Waals surface area contributed by atoms with Crippen molar-refractivity contribution in [2.75, 3.05) is 0 Å². The maximum absolute atomic E-state index is 3.81. The van der Waals surface area contributed by atoms with Gasteiger partial charge in [-0.3, -0.25) is 0 Å². The minimum atomic E-state index is 0.0530. The van der Waals surface area contributed by atoms with E-state index in [0.717, 1.165) is 0 Å². The van der Waals surface area contributed by atoms with E-state index in [1.165, 1.54) is 39.6 Å². The summed E-state index contributed by atoms with van der Waals surface area (Å²) in [7, 11) is 0. The van der Waals surface area contributed by atoms with E-state index >= 15 is 0 Å². The summed E-state index contributed by atoms with van der Waals surface area (Å²) in [5, 5.41) is 0. The highest BCUT2D eigenvalue weighted by Gasteiger charge is 2.42. The molecule has 2 aliphatic rings. The minimum absolute atomic E-state index is 0.0530. The number of rotatable bonds is 0. The molecule has 0 amide bonds. The molecule has 24 heavy (non-hydrogen) atoms. The van der Waals surface area contributed by atoms with Crippen LogP contribution in [0.2, 0.25) is 0 Å². The number of halogens is 1. The van der Waals surface area contributed by atoms with Gasteiger partial charge in [0.15, 0.2) is 0 Å². The maximum atomic E-state index is 3.81. The first kappa shape index (κ1) is 16.4. The third-order valence-corrected chi connectivity index (χ3v) is 7.25. The standard InChI is InChI=1S/C23H27Br/c1-21(2)10-11-22(3,4)18-13-16-15(12-17(18)21)14-8-7-9-19(24)20(14)23(16,5)6/h7-9,12-13H,10-11H2,1-6H3. The molecule has 0 aliphatic heterocycles. The molecule has 126 valence electrons. The fraction of sp³-hybridized carbons (Fsp3) is 0.478. The normalized spacial score (nSPS) is 21.8. The largest absolute Gasteiger partial charge is 0.0605 e. The zero-order valence-corrected chi connectivity index (χ0v) is 17.3. The number of fused-ring (bicyclic) bond motifs is 4. The monoisotopic (exact) mass is 382 g/mol. The van der Waals surface area contributed by atoms with E-state index < -0.39 is 0 Å². The lowest BCUT2D eigenvalue weighted by molar-refractivity contribution is 0.331. The van der Waals surface area contributed by atoms with E-state index in [1.54, 1.807) is 11.1 Å². The molecule has 0 nitrogen and oxygen atoms in total. The summed E-state index contributed by atoms with van der Waals surface area (Å²) in [5.74, 6) is 0. The molecule has 0 heterocycles. The Balaban J connectivity index is 2.08. The lowest BCUT2D eigenvalue weighted by Gasteiger charge is -2.42. The van der Waals surface area contributed by atoms with Crippen LogP contribution in [0.15, 0.2) is 34.8 Å². The highest BCUT2D eigenvalue weighted by molar-refractivity contribution is 9.10. The number of hydrogen-bond acceptors (Lipinski definition) is 0. The van der Waals surface area contributed by atoms with Gasteiger partial charge in [0.05, 0.1) is 0 Å². The molecule has 0 aromatic heterocycles. The average molecular weight is 383 g/mol. The Bertz CT molecular complexity index is 853. The summed E-state index contributed by atoms with van der Waals surface area (Å²) >= 11 is 3.81. The Morgan fingerprint density at radius 1 is 0.750 bits per heavy atom. The average Bonchev–Trinajstić information content (AvgIpc) is 2.72. The van der Waals surface area contributed by atoms with Gasteiger partial charge in [0.2, 0.25) is 0 Å². The molecule has 0 radical (unpaired) electrons. The predicted octanol–water partition coefficient (Wildman–Crippen LogP) is 7.10. The van der Waals surface area contributed by atoms with Gasteiger partial charge in [0.1, 0.15) is 0 Å². The van der Waals surface area contributed by atoms with Crippen molar-refractivity contribution in [2.24, 2.45) is 0 Å². The van der Waals surface area contributed by atoms with E-state index in [1.807, 2.05) is 0 Å². The summed E-state index contributed by atoms with van der Waals surface area (Å²) < 4.78 is 1.23. The molecule has 0 unspecified atom stereocenters. The second-order valence-corrected chi connectivity index (χ2v) is 10.4. The zero-order valence-electron chi connectivity index (χ0n) is 15.7. The summed E-state index contributed by atoms with van der Waals surface area (Å²) in [4.78, 5) is 0. The highest BCUT2D eigenvalue weighted by atomic mass is 79.9. The molecule has 0 fully saturated rings. The van der Waals surface area contributed by atoms with Crippen molar-refractivity contribution >= 4 is 15.9 Å². The topological polar surface area (TPSA) is 0 Å². The zero-order chi connectivity index (χ0) is 17.5. The van der Waals surface area contributed by atoms with Gasteiger partial charge in [-0.1, -0.05) is 75.7 Å². The molecule has 0 bridgehead atoms. The summed E-state index contributed by atoms with van der Waals surface area (Å²) in [6.45, 7) is 14.4. The Morgan fingerprint density at radius 3 is 1.96 bits per heavy atom. The maximum Gasteiger partial charge on any atom is 0.0222 e. The quantitative estimate of drug-likeness (QED) is 0.455. The highest BCUT2D eigenvalue weighted by Crippen LogP contribution is 2.55. The second kappa shape index (κ2) is 4.75. The van der Waals surface area contributed by atoms with Gasteiger partial charge < -0.3 is 0 Å². The smallest absolute Gasteiger partial charge is 0.0222 e. The fourth-order valence-electron chi connectivity index (χ4n) is 4.87. The molecule has 4 rings (SSSR count). The summed E-state index contributed by atoms with van der Waals surface area (Å²) in [6, 6.07) is 11.7. The van der Waals surface area contributed by atoms with Gasteiger partial charge in [0.25, 0.3) is 0 Å². The third-order valence-electron chi connectivity index (χ3n) is 6.59. The first-order chi connectivity index (χ1) is 11.1. The molecule has 2 aliphatic carbocycles. The van der Waals surface area contributed by atoms with Crippen LogP contribution in [-0.4, -0.2) is 0 Å². The van der Waals surface area contributed by atoms with Crippen molar-refractivity contribution < 1.29 is 0 Å². The third kappa shape index (κ3) is 2.03. The van der Waals surface area contributed by atoms with E-state index in [-0.39, 0.29) is 16.2 Å². The molecular formula is C23H27Br. The van der Waals surface area contributed by atoms with Crippen LogP contribution < -0.4 is 0 Å². The van der Waals surface area contributed by atoms with Crippen LogP contribution in [0.3, 0.4) is 0 Å². The van der Waals surface area contributed by atoms with Crippen LogP contribution in [-0.2, 0) is 16.2 Å². The molecule has 0 atom stereocenters. The van der Waals surface area contributed by atoms with Crippen LogP contribution in [0.5, 0.6) is 0 Å². The molecule has 0 N–H and O–H groups in total. The van der Waals surface area contributed by atoms with Gasteiger partial charge in [-0.25, -0.2) is 0 Å². The molecule has 0 saturated carbocycles. The van der Waals surface area contributed by atoms with Crippen molar-refractivity contribution in [1.29, 1.82) is 0 Å². The van der Waals surface area contributed by atoms with Crippen LogP contribution in [0.1, 0.15) is 76.6 Å². The number of benzene rings is 2. The molecule has 1 heteroatoms. The summed E-state index contributed by atoms with van der Waals surface area (Å²) in [5.41, 5.74) is 9.49. The van der Waals surface area contributed by atoms with Gasteiger partial charge in [-0.2, -0.15) is 0 Å². The van der Waals surface area contributed by atoms with Crippen LogP contribution >= 0.6 is 15.9 Å². The SMILES string of the molecule is CC1(C)CCC(C)(C)c2cc3c(cc21)-c1cccc(Br)c1C3(C)C. The van der Waals surface area contributed by atoms with E-state index in [9.17, 15) is 0 Å².